The number of aliphatic hydroxyl groups is 1. The highest BCUT2D eigenvalue weighted by molar-refractivity contribution is 7.11. The molecular weight excluding hydrogens is 289 g/mol. The van der Waals surface area contributed by atoms with Gasteiger partial charge in [0.25, 0.3) is 0 Å². The highest BCUT2D eigenvalue weighted by atomic mass is 32.1. The van der Waals surface area contributed by atoms with Gasteiger partial charge in [0.2, 0.25) is 0 Å². The van der Waals surface area contributed by atoms with Gasteiger partial charge in [0.15, 0.2) is 5.01 Å². The van der Waals surface area contributed by atoms with Crippen LogP contribution in [0.25, 0.3) is 0 Å². The summed E-state index contributed by atoms with van der Waals surface area (Å²) in [6.07, 6.45) is -3.26. The summed E-state index contributed by atoms with van der Waals surface area (Å²) < 4.78 is 37.9. The average molecular weight is 300 g/mol. The largest absolute Gasteiger partial charge is 0.443 e. The Kier molecular flexibility index (Phi) is 2.89. The number of fused-ring (bicyclic) bond motifs is 1. The van der Waals surface area contributed by atoms with E-state index in [1.807, 2.05) is 0 Å². The van der Waals surface area contributed by atoms with E-state index in [0.29, 0.717) is 16.9 Å². The number of nitrogens with two attached hydrogens (primary N) is 1. The van der Waals surface area contributed by atoms with E-state index in [4.69, 9.17) is 5.73 Å². The lowest BCUT2D eigenvalue weighted by Gasteiger charge is -2.22. The van der Waals surface area contributed by atoms with E-state index < -0.39 is 22.8 Å². The van der Waals surface area contributed by atoms with Crippen molar-refractivity contribution in [2.75, 3.05) is 0 Å². The van der Waals surface area contributed by atoms with Crippen molar-refractivity contribution in [1.29, 1.82) is 0 Å². The number of halogens is 3. The van der Waals surface area contributed by atoms with Gasteiger partial charge in [-0.3, -0.25) is 0 Å². The maximum Gasteiger partial charge on any atom is 0.443 e. The predicted octanol–water partition coefficient (Wildman–Crippen LogP) is 2.80. The lowest BCUT2D eigenvalue weighted by Crippen LogP contribution is -2.23. The van der Waals surface area contributed by atoms with Crippen LogP contribution in [0.4, 0.5) is 13.2 Å². The molecule has 3 rings (SSSR count). The summed E-state index contributed by atoms with van der Waals surface area (Å²) in [5.41, 5.74) is 5.79. The minimum absolute atomic E-state index is 0.159. The van der Waals surface area contributed by atoms with Crippen molar-refractivity contribution in [2.24, 2.45) is 5.73 Å². The molecule has 1 heterocycles. The van der Waals surface area contributed by atoms with Gasteiger partial charge in [0.1, 0.15) is 5.60 Å². The zero-order valence-electron chi connectivity index (χ0n) is 10.2. The molecule has 0 saturated carbocycles. The van der Waals surface area contributed by atoms with Gasteiger partial charge >= 0.3 is 6.18 Å². The van der Waals surface area contributed by atoms with Gasteiger partial charge < -0.3 is 10.8 Å². The van der Waals surface area contributed by atoms with Gasteiger partial charge in [-0.25, -0.2) is 4.98 Å². The molecule has 7 heteroatoms. The monoisotopic (exact) mass is 300 g/mol. The van der Waals surface area contributed by atoms with Gasteiger partial charge in [-0.05, 0) is 11.1 Å². The molecule has 0 radical (unpaired) electrons. The predicted molar refractivity (Wildman–Crippen MR) is 68.1 cm³/mol. The smallest absolute Gasteiger partial charge is 0.379 e. The summed E-state index contributed by atoms with van der Waals surface area (Å²) in [6, 6.07) is 6.60. The van der Waals surface area contributed by atoms with Crippen LogP contribution in [0.1, 0.15) is 33.5 Å². The Morgan fingerprint density at radius 1 is 1.35 bits per heavy atom. The normalized spacial score (nSPS) is 25.8. The van der Waals surface area contributed by atoms with Crippen LogP contribution in [0.15, 0.2) is 30.5 Å². The summed E-state index contributed by atoms with van der Waals surface area (Å²) in [4.78, 5) is 3.54. The second-order valence-corrected chi connectivity index (χ2v) is 5.82. The minimum atomic E-state index is -4.50. The molecule has 2 aromatic rings. The molecule has 106 valence electrons. The molecule has 1 aromatic carbocycles. The van der Waals surface area contributed by atoms with E-state index in [2.05, 4.69) is 4.98 Å². The quantitative estimate of drug-likeness (QED) is 0.851. The van der Waals surface area contributed by atoms with Crippen LogP contribution in [0.2, 0.25) is 0 Å². The van der Waals surface area contributed by atoms with Crippen LogP contribution < -0.4 is 5.73 Å². The number of hydrogen-bond donors (Lipinski definition) is 2. The molecule has 0 fully saturated rings. The number of thiazole rings is 1. The Labute approximate surface area is 116 Å². The van der Waals surface area contributed by atoms with Crippen LogP contribution >= 0.6 is 11.3 Å². The van der Waals surface area contributed by atoms with Gasteiger partial charge in [-0.2, -0.15) is 13.2 Å². The lowest BCUT2D eigenvalue weighted by molar-refractivity contribution is -0.137. The van der Waals surface area contributed by atoms with Crippen LogP contribution in [0.3, 0.4) is 0 Å². The maximum atomic E-state index is 12.6. The molecule has 1 aliphatic carbocycles. The third kappa shape index (κ3) is 1.93. The fourth-order valence-corrected chi connectivity index (χ4v) is 3.46. The van der Waals surface area contributed by atoms with Gasteiger partial charge in [0.05, 0.1) is 4.88 Å². The molecule has 2 unspecified atom stereocenters. The second-order valence-electron chi connectivity index (χ2n) is 4.79. The van der Waals surface area contributed by atoms with E-state index >= 15 is 0 Å². The Bertz CT molecular complexity index is 655. The Hall–Kier alpha value is -1.44. The third-order valence-corrected chi connectivity index (χ3v) is 4.67. The number of aromatic nitrogens is 1. The molecular formula is C13H11F3N2OS. The highest BCUT2D eigenvalue weighted by Gasteiger charge is 2.45. The summed E-state index contributed by atoms with van der Waals surface area (Å²) in [5, 5.41) is 9.83. The summed E-state index contributed by atoms with van der Waals surface area (Å²) in [5.74, 6) is 0. The average Bonchev–Trinajstić information content (AvgIpc) is 2.96. The van der Waals surface area contributed by atoms with E-state index in [9.17, 15) is 18.3 Å². The SMILES string of the molecule is NC1CC(O)(c2cnc(C(F)(F)F)s2)c2ccccc21. The molecule has 1 aliphatic rings. The van der Waals surface area contributed by atoms with E-state index in [1.54, 1.807) is 24.3 Å². The molecule has 0 bridgehead atoms. The van der Waals surface area contributed by atoms with E-state index in [0.717, 1.165) is 11.8 Å². The van der Waals surface area contributed by atoms with Crippen LogP contribution in [0, 0.1) is 0 Å². The minimum Gasteiger partial charge on any atom is -0.379 e. The number of rotatable bonds is 1. The Morgan fingerprint density at radius 2 is 2.05 bits per heavy atom. The number of benzene rings is 1. The molecule has 0 spiro atoms. The van der Waals surface area contributed by atoms with Crippen molar-refractivity contribution in [3.8, 4) is 0 Å². The molecule has 3 nitrogen and oxygen atoms in total. The zero-order chi connectivity index (χ0) is 14.5. The Balaban J connectivity index is 2.09. The van der Waals surface area contributed by atoms with Crippen LogP contribution in [0.5, 0.6) is 0 Å². The third-order valence-electron chi connectivity index (χ3n) is 3.48. The Morgan fingerprint density at radius 3 is 2.70 bits per heavy atom. The molecule has 0 aliphatic heterocycles. The molecule has 0 saturated heterocycles. The first-order valence-corrected chi connectivity index (χ1v) is 6.75. The summed E-state index contributed by atoms with van der Waals surface area (Å²) in [7, 11) is 0. The molecule has 2 atom stereocenters. The fraction of sp³-hybridized carbons (Fsp3) is 0.308. The fourth-order valence-electron chi connectivity index (χ4n) is 2.56. The second kappa shape index (κ2) is 4.28. The van der Waals surface area contributed by atoms with Crippen LogP contribution in [-0.2, 0) is 11.8 Å². The van der Waals surface area contributed by atoms with Crippen molar-refractivity contribution >= 4 is 11.3 Å². The lowest BCUT2D eigenvalue weighted by atomic mass is 9.95. The first-order valence-electron chi connectivity index (χ1n) is 5.93. The summed E-state index contributed by atoms with van der Waals surface area (Å²) in [6.45, 7) is 0. The van der Waals surface area contributed by atoms with Gasteiger partial charge in [0, 0.05) is 18.7 Å². The topological polar surface area (TPSA) is 59.1 Å². The zero-order valence-corrected chi connectivity index (χ0v) is 11.0. The van der Waals surface area contributed by atoms with Crippen molar-refractivity contribution in [2.45, 2.75) is 24.2 Å². The maximum absolute atomic E-state index is 12.6. The first kappa shape index (κ1) is 13.5. The molecule has 1 aromatic heterocycles. The van der Waals surface area contributed by atoms with Crippen molar-refractivity contribution in [1.82, 2.24) is 4.98 Å². The van der Waals surface area contributed by atoms with Crippen LogP contribution in [-0.4, -0.2) is 10.1 Å². The molecule has 0 amide bonds. The first-order chi connectivity index (χ1) is 9.32. The van der Waals surface area contributed by atoms with E-state index in [1.165, 1.54) is 0 Å². The van der Waals surface area contributed by atoms with Crippen molar-refractivity contribution in [3.05, 3.63) is 51.5 Å². The number of hydrogen-bond acceptors (Lipinski definition) is 4. The summed E-state index contributed by atoms with van der Waals surface area (Å²) >= 11 is 0.460. The van der Waals surface area contributed by atoms with E-state index in [-0.39, 0.29) is 11.3 Å². The van der Waals surface area contributed by atoms with Gasteiger partial charge in [-0.15, -0.1) is 11.3 Å². The highest BCUT2D eigenvalue weighted by Crippen LogP contribution is 2.48. The molecule has 20 heavy (non-hydrogen) atoms. The number of nitrogens with zero attached hydrogens (tertiary/aromatic N) is 1. The standard InChI is InChI=1S/C13H11F3N2OS/c14-13(15,16)11-18-6-10(20-11)12(19)5-9(17)7-3-1-2-4-8(7)12/h1-4,6,9,19H,5,17H2. The molecule has 3 N–H and O–H groups in total. The van der Waals surface area contributed by atoms with Gasteiger partial charge in [-0.1, -0.05) is 24.3 Å². The van der Waals surface area contributed by atoms with Crippen molar-refractivity contribution in [3.63, 3.8) is 0 Å². The van der Waals surface area contributed by atoms with Crippen molar-refractivity contribution < 1.29 is 18.3 Å². The number of alkyl halides is 3.